The fraction of sp³-hybridized carbons (Fsp3) is 0.688. The van der Waals surface area contributed by atoms with Gasteiger partial charge in [-0.25, -0.2) is 9.78 Å². The standard InChI is InChI=1S/C16H25N3O3/c1-12-14(18-8-7-17-12)21-11-13-5-9-19(10-6-13)15(20)22-16(2,3)4/h7-8,13H,5-6,9-11H2,1-4H3. The molecule has 6 nitrogen and oxygen atoms in total. The lowest BCUT2D eigenvalue weighted by Gasteiger charge is -2.33. The van der Waals surface area contributed by atoms with Crippen LogP contribution in [0.25, 0.3) is 0 Å². The number of rotatable bonds is 3. The summed E-state index contributed by atoms with van der Waals surface area (Å²) in [6, 6.07) is 0. The number of hydrogen-bond donors (Lipinski definition) is 0. The maximum Gasteiger partial charge on any atom is 0.410 e. The first-order valence-corrected chi connectivity index (χ1v) is 7.73. The zero-order valence-corrected chi connectivity index (χ0v) is 13.8. The van der Waals surface area contributed by atoms with Crippen LogP contribution in [0.3, 0.4) is 0 Å². The second-order valence-electron chi connectivity index (χ2n) is 6.67. The maximum atomic E-state index is 12.0. The number of nitrogens with zero attached hydrogens (tertiary/aromatic N) is 3. The number of likely N-dealkylation sites (tertiary alicyclic amines) is 1. The van der Waals surface area contributed by atoms with Crippen molar-refractivity contribution in [1.29, 1.82) is 0 Å². The molecule has 2 rings (SSSR count). The first kappa shape index (κ1) is 16.5. The Morgan fingerprint density at radius 3 is 2.50 bits per heavy atom. The molecule has 122 valence electrons. The van der Waals surface area contributed by atoms with Crippen molar-refractivity contribution in [3.63, 3.8) is 0 Å². The molecular weight excluding hydrogens is 282 g/mol. The van der Waals surface area contributed by atoms with Crippen molar-refractivity contribution in [3.8, 4) is 5.88 Å². The van der Waals surface area contributed by atoms with Crippen LogP contribution in [0, 0.1) is 12.8 Å². The summed E-state index contributed by atoms with van der Waals surface area (Å²) in [5, 5.41) is 0. The van der Waals surface area contributed by atoms with Gasteiger partial charge in [-0.05, 0) is 46.5 Å². The SMILES string of the molecule is Cc1nccnc1OCC1CCN(C(=O)OC(C)(C)C)CC1. The van der Waals surface area contributed by atoms with Gasteiger partial charge in [-0.3, -0.25) is 4.98 Å². The molecule has 1 amide bonds. The Bertz CT molecular complexity index is 506. The highest BCUT2D eigenvalue weighted by Gasteiger charge is 2.27. The molecule has 1 saturated heterocycles. The number of ether oxygens (including phenoxy) is 2. The second kappa shape index (κ2) is 6.94. The number of aryl methyl sites for hydroxylation is 1. The van der Waals surface area contributed by atoms with E-state index < -0.39 is 5.60 Å². The molecule has 6 heteroatoms. The average Bonchev–Trinajstić information content (AvgIpc) is 2.45. The van der Waals surface area contributed by atoms with Crippen molar-refractivity contribution in [1.82, 2.24) is 14.9 Å². The Labute approximate surface area is 131 Å². The summed E-state index contributed by atoms with van der Waals surface area (Å²) in [4.78, 5) is 22.1. The lowest BCUT2D eigenvalue weighted by molar-refractivity contribution is 0.0164. The maximum absolute atomic E-state index is 12.0. The van der Waals surface area contributed by atoms with Gasteiger partial charge >= 0.3 is 6.09 Å². The van der Waals surface area contributed by atoms with Crippen molar-refractivity contribution < 1.29 is 14.3 Å². The van der Waals surface area contributed by atoms with Gasteiger partial charge in [-0.15, -0.1) is 0 Å². The third kappa shape index (κ3) is 4.86. The smallest absolute Gasteiger partial charge is 0.410 e. The van der Waals surface area contributed by atoms with Crippen LogP contribution < -0.4 is 4.74 Å². The molecule has 0 unspecified atom stereocenters. The van der Waals surface area contributed by atoms with Crippen LogP contribution >= 0.6 is 0 Å². The number of carbonyl (C=O) groups is 1. The summed E-state index contributed by atoms with van der Waals surface area (Å²) in [6.07, 6.45) is 4.89. The molecule has 0 N–H and O–H groups in total. The van der Waals surface area contributed by atoms with Crippen LogP contribution in [-0.2, 0) is 4.74 Å². The number of amides is 1. The topological polar surface area (TPSA) is 64.6 Å². The molecule has 1 aromatic heterocycles. The normalized spacial score (nSPS) is 16.5. The lowest BCUT2D eigenvalue weighted by Crippen LogP contribution is -2.42. The molecule has 1 aromatic rings. The Morgan fingerprint density at radius 2 is 1.91 bits per heavy atom. The molecule has 1 aliphatic rings. The molecule has 0 saturated carbocycles. The molecule has 0 atom stereocenters. The van der Waals surface area contributed by atoms with Gasteiger partial charge in [0, 0.05) is 25.5 Å². The first-order chi connectivity index (χ1) is 10.3. The summed E-state index contributed by atoms with van der Waals surface area (Å²) in [6.45, 7) is 9.57. The van der Waals surface area contributed by atoms with Crippen LogP contribution in [0.1, 0.15) is 39.3 Å². The molecular formula is C16H25N3O3. The number of aromatic nitrogens is 2. The van der Waals surface area contributed by atoms with Gasteiger partial charge in [0.25, 0.3) is 0 Å². The zero-order chi connectivity index (χ0) is 16.2. The predicted molar refractivity (Wildman–Crippen MR) is 82.8 cm³/mol. The average molecular weight is 307 g/mol. The fourth-order valence-electron chi connectivity index (χ4n) is 2.34. The highest BCUT2D eigenvalue weighted by molar-refractivity contribution is 5.68. The Balaban J connectivity index is 1.76. The van der Waals surface area contributed by atoms with Gasteiger partial charge in [0.2, 0.25) is 5.88 Å². The molecule has 0 radical (unpaired) electrons. The molecule has 22 heavy (non-hydrogen) atoms. The molecule has 0 aromatic carbocycles. The van der Waals surface area contributed by atoms with Crippen LogP contribution in [-0.4, -0.2) is 46.3 Å². The largest absolute Gasteiger partial charge is 0.476 e. The summed E-state index contributed by atoms with van der Waals surface area (Å²) in [7, 11) is 0. The van der Waals surface area contributed by atoms with E-state index in [2.05, 4.69) is 9.97 Å². The Hall–Kier alpha value is -1.85. The minimum Gasteiger partial charge on any atom is -0.476 e. The van der Waals surface area contributed by atoms with Gasteiger partial charge in [0.05, 0.1) is 12.3 Å². The lowest BCUT2D eigenvalue weighted by atomic mass is 9.98. The van der Waals surface area contributed by atoms with Crippen LogP contribution in [0.15, 0.2) is 12.4 Å². The molecule has 0 bridgehead atoms. The van der Waals surface area contributed by atoms with E-state index in [9.17, 15) is 4.79 Å². The fourth-order valence-corrected chi connectivity index (χ4v) is 2.34. The van der Waals surface area contributed by atoms with Crippen molar-refractivity contribution in [2.45, 2.75) is 46.1 Å². The third-order valence-electron chi connectivity index (χ3n) is 3.56. The molecule has 1 fully saturated rings. The zero-order valence-electron chi connectivity index (χ0n) is 13.8. The van der Waals surface area contributed by atoms with Gasteiger partial charge in [0.15, 0.2) is 0 Å². The number of piperidine rings is 1. The summed E-state index contributed by atoms with van der Waals surface area (Å²) in [5.74, 6) is 1.03. The molecule has 2 heterocycles. The van der Waals surface area contributed by atoms with Gasteiger partial charge < -0.3 is 14.4 Å². The molecule has 0 aliphatic carbocycles. The van der Waals surface area contributed by atoms with Crippen LogP contribution in [0.4, 0.5) is 4.79 Å². The van der Waals surface area contributed by atoms with Crippen LogP contribution in [0.5, 0.6) is 5.88 Å². The molecule has 1 aliphatic heterocycles. The molecule has 0 spiro atoms. The minimum atomic E-state index is -0.444. The van der Waals surface area contributed by atoms with E-state index in [0.717, 1.165) is 18.5 Å². The minimum absolute atomic E-state index is 0.225. The van der Waals surface area contributed by atoms with Crippen molar-refractivity contribution in [3.05, 3.63) is 18.1 Å². The van der Waals surface area contributed by atoms with E-state index in [1.807, 2.05) is 27.7 Å². The first-order valence-electron chi connectivity index (χ1n) is 7.73. The van der Waals surface area contributed by atoms with Crippen molar-refractivity contribution in [2.24, 2.45) is 5.92 Å². The quantitative estimate of drug-likeness (QED) is 0.859. The predicted octanol–water partition coefficient (Wildman–Crippen LogP) is 2.81. The van der Waals surface area contributed by atoms with Gasteiger partial charge in [-0.2, -0.15) is 0 Å². The van der Waals surface area contributed by atoms with Gasteiger partial charge in [-0.1, -0.05) is 0 Å². The number of carbonyl (C=O) groups excluding carboxylic acids is 1. The Morgan fingerprint density at radius 1 is 1.27 bits per heavy atom. The third-order valence-corrected chi connectivity index (χ3v) is 3.56. The monoisotopic (exact) mass is 307 g/mol. The second-order valence-corrected chi connectivity index (χ2v) is 6.67. The van der Waals surface area contributed by atoms with Crippen molar-refractivity contribution >= 4 is 6.09 Å². The van der Waals surface area contributed by atoms with Crippen LogP contribution in [0.2, 0.25) is 0 Å². The van der Waals surface area contributed by atoms with E-state index in [1.165, 1.54) is 0 Å². The van der Waals surface area contributed by atoms with E-state index in [4.69, 9.17) is 9.47 Å². The van der Waals surface area contributed by atoms with E-state index in [1.54, 1.807) is 17.3 Å². The van der Waals surface area contributed by atoms with Gasteiger partial charge in [0.1, 0.15) is 5.60 Å². The summed E-state index contributed by atoms with van der Waals surface area (Å²) >= 11 is 0. The number of hydrogen-bond acceptors (Lipinski definition) is 5. The summed E-state index contributed by atoms with van der Waals surface area (Å²) < 4.78 is 11.1. The van der Waals surface area contributed by atoms with E-state index >= 15 is 0 Å². The van der Waals surface area contributed by atoms with E-state index in [-0.39, 0.29) is 6.09 Å². The highest BCUT2D eigenvalue weighted by Crippen LogP contribution is 2.21. The van der Waals surface area contributed by atoms with E-state index in [0.29, 0.717) is 31.5 Å². The van der Waals surface area contributed by atoms with Crippen molar-refractivity contribution in [2.75, 3.05) is 19.7 Å². The Kier molecular flexibility index (Phi) is 5.21. The summed E-state index contributed by atoms with van der Waals surface area (Å²) in [5.41, 5.74) is 0.356. The highest BCUT2D eigenvalue weighted by atomic mass is 16.6.